The molecular weight excluding hydrogens is 581 g/mol. The summed E-state index contributed by atoms with van der Waals surface area (Å²) in [5.74, 6) is -0.995. The van der Waals surface area contributed by atoms with E-state index >= 15 is 0 Å². The van der Waals surface area contributed by atoms with Gasteiger partial charge in [-0.05, 0) is 48.5 Å². The van der Waals surface area contributed by atoms with Gasteiger partial charge >= 0.3 is 20.4 Å². The first-order valence-corrected chi connectivity index (χ1v) is 14.7. The fourth-order valence-electron chi connectivity index (χ4n) is 3.13. The largest absolute Gasteiger partial charge is 0.369 e. The van der Waals surface area contributed by atoms with Crippen LogP contribution in [0.4, 0.5) is 48.9 Å². The third-order valence-electron chi connectivity index (χ3n) is 4.98. The molecule has 17 heteroatoms. The van der Waals surface area contributed by atoms with E-state index in [-0.39, 0.29) is 19.6 Å². The molecule has 2 aromatic carbocycles. The van der Waals surface area contributed by atoms with Crippen LogP contribution in [-0.2, 0) is 0 Å². The molecule has 224 valence electrons. The topological polar surface area (TPSA) is 39.3 Å². The zero-order chi connectivity index (χ0) is 28.1. The Morgan fingerprint density at radius 3 is 1.13 bits per heavy atom. The summed E-state index contributed by atoms with van der Waals surface area (Å²) in [5, 5.41) is 9.54. The molecule has 2 aliphatic rings. The number of hydrogen-bond donors (Lipinski definition) is 3. The molecule has 0 spiro atoms. The summed E-state index contributed by atoms with van der Waals surface area (Å²) in [6.45, 7) is 7.30. The van der Waals surface area contributed by atoms with E-state index in [2.05, 4.69) is 16.0 Å². The molecule has 0 amide bonds. The molecule has 0 aliphatic carbocycles. The quantitative estimate of drug-likeness (QED) is 0.307. The van der Waals surface area contributed by atoms with Crippen LogP contribution >= 0.6 is 20.4 Å². The average molecular weight is 613 g/mol. The van der Waals surface area contributed by atoms with Crippen molar-refractivity contribution in [2.75, 3.05) is 57.3 Å². The van der Waals surface area contributed by atoms with Crippen LogP contribution in [0.5, 0.6) is 0 Å². The molecule has 2 aromatic rings. The van der Waals surface area contributed by atoms with Gasteiger partial charge in [-0.25, -0.2) is 4.39 Å². The van der Waals surface area contributed by atoms with Crippen molar-refractivity contribution in [2.24, 2.45) is 0 Å². The van der Waals surface area contributed by atoms with Gasteiger partial charge in [0.1, 0.15) is 15.6 Å². The highest BCUT2D eigenvalue weighted by molar-refractivity contribution is 8.46. The SMILES string of the molecule is C.C1CNCCN1.FS(F)(F)(F)(F)c1ccc(N2CCNCC2)cc1.Fc1ccc(S(F)(F)(F)(F)F)cc1. The zero-order valence-corrected chi connectivity index (χ0v) is 20.8. The van der Waals surface area contributed by atoms with E-state index in [1.165, 1.54) is 0 Å². The minimum absolute atomic E-state index is 0. The van der Waals surface area contributed by atoms with Crippen LogP contribution in [0.2, 0.25) is 0 Å². The summed E-state index contributed by atoms with van der Waals surface area (Å²) in [6.07, 6.45) is 0. The lowest BCUT2D eigenvalue weighted by atomic mass is 10.2. The Hall–Kier alpha value is -1.95. The normalized spacial score (nSPS) is 19.9. The number of piperazine rings is 2. The third kappa shape index (κ3) is 11.8. The van der Waals surface area contributed by atoms with Crippen LogP contribution < -0.4 is 20.9 Å². The monoisotopic (exact) mass is 612 g/mol. The van der Waals surface area contributed by atoms with Gasteiger partial charge in [-0.3, -0.25) is 0 Å². The van der Waals surface area contributed by atoms with E-state index in [1.807, 2.05) is 4.90 Å². The third-order valence-corrected chi connectivity index (χ3v) is 7.31. The van der Waals surface area contributed by atoms with E-state index in [1.54, 1.807) is 0 Å². The van der Waals surface area contributed by atoms with E-state index < -0.39 is 36.1 Å². The van der Waals surface area contributed by atoms with Gasteiger partial charge < -0.3 is 20.9 Å². The number of anilines is 1. The molecule has 0 unspecified atom stereocenters. The van der Waals surface area contributed by atoms with Gasteiger partial charge in [-0.1, -0.05) is 46.3 Å². The minimum Gasteiger partial charge on any atom is -0.369 e. The Balaban J connectivity index is 0.000000315. The average Bonchev–Trinajstić information content (AvgIpc) is 2.79. The number of rotatable bonds is 3. The molecule has 2 saturated heterocycles. The fourth-order valence-corrected chi connectivity index (χ4v) is 4.43. The van der Waals surface area contributed by atoms with Gasteiger partial charge in [0.2, 0.25) is 0 Å². The van der Waals surface area contributed by atoms with Crippen molar-refractivity contribution in [3.63, 3.8) is 0 Å². The molecule has 4 nitrogen and oxygen atoms in total. The lowest BCUT2D eigenvalue weighted by Gasteiger charge is -2.40. The lowest BCUT2D eigenvalue weighted by Crippen LogP contribution is -2.43. The number of nitrogens with one attached hydrogen (secondary N) is 3. The van der Waals surface area contributed by atoms with Gasteiger partial charge in [0.25, 0.3) is 0 Å². The van der Waals surface area contributed by atoms with Crippen LogP contribution in [0.3, 0.4) is 0 Å². The molecule has 0 radical (unpaired) electrons. The molecule has 4 rings (SSSR count). The number of nitrogens with zero attached hydrogens (tertiary/aromatic N) is 1. The molecule has 0 saturated carbocycles. The minimum atomic E-state index is -9.62. The summed E-state index contributed by atoms with van der Waals surface area (Å²) >= 11 is 0. The van der Waals surface area contributed by atoms with Crippen molar-refractivity contribution < 1.29 is 43.2 Å². The molecule has 2 aliphatic heterocycles. The first-order chi connectivity index (χ1) is 16.5. The lowest BCUT2D eigenvalue weighted by molar-refractivity contribution is 0.360. The van der Waals surface area contributed by atoms with E-state index in [0.717, 1.165) is 51.4 Å². The van der Waals surface area contributed by atoms with Crippen molar-refractivity contribution in [1.82, 2.24) is 16.0 Å². The van der Waals surface area contributed by atoms with Gasteiger partial charge in [-0.2, -0.15) is 0 Å². The van der Waals surface area contributed by atoms with E-state index in [0.29, 0.717) is 43.0 Å². The van der Waals surface area contributed by atoms with Crippen LogP contribution in [0, 0.1) is 5.82 Å². The Labute approximate surface area is 214 Å². The predicted molar refractivity (Wildman–Crippen MR) is 133 cm³/mol. The van der Waals surface area contributed by atoms with Crippen molar-refractivity contribution >= 4 is 26.1 Å². The maximum absolute atomic E-state index is 12.5. The Morgan fingerprint density at radius 1 is 0.500 bits per heavy atom. The van der Waals surface area contributed by atoms with Gasteiger partial charge in [-0.15, -0.1) is 0 Å². The first kappa shape index (κ1) is 34.1. The standard InChI is InChI=1S/C10H13F5N2S.C6H4F6S.C4H10N2.CH4/c11-18(12,13,14,15)10-3-1-9(2-4-10)17-7-5-16-6-8-17;7-5-1-3-6(4-2-5)13(8,9,10,11)12;1-2-6-4-3-5-1;/h1-4,16H,5-8H2;1-4H;5-6H,1-4H2;1H4. The summed E-state index contributed by atoms with van der Waals surface area (Å²) in [6, 6.07) is 3.84. The van der Waals surface area contributed by atoms with Crippen molar-refractivity contribution in [2.45, 2.75) is 17.2 Å². The summed E-state index contributed by atoms with van der Waals surface area (Å²) in [5.41, 5.74) is 0.530. The van der Waals surface area contributed by atoms with Crippen molar-refractivity contribution in [3.8, 4) is 0 Å². The molecule has 2 fully saturated rings. The smallest absolute Gasteiger partial charge is 0.310 e. The van der Waals surface area contributed by atoms with Crippen LogP contribution in [0.15, 0.2) is 58.3 Å². The van der Waals surface area contributed by atoms with Crippen molar-refractivity contribution in [1.29, 1.82) is 0 Å². The molecule has 0 bridgehead atoms. The molecule has 2 heterocycles. The Bertz CT molecular complexity index is 1010. The van der Waals surface area contributed by atoms with Crippen LogP contribution in [0.1, 0.15) is 7.43 Å². The Kier molecular flexibility index (Phi) is 9.47. The maximum atomic E-state index is 12.5. The van der Waals surface area contributed by atoms with Crippen molar-refractivity contribution in [3.05, 3.63) is 54.3 Å². The molecular formula is C21H31F11N4S2. The van der Waals surface area contributed by atoms with E-state index in [9.17, 15) is 43.2 Å². The number of hydrogen-bond acceptors (Lipinski definition) is 4. The predicted octanol–water partition coefficient (Wildman–Crippen LogP) is 8.05. The van der Waals surface area contributed by atoms with Gasteiger partial charge in [0.15, 0.2) is 0 Å². The Morgan fingerprint density at radius 2 is 0.816 bits per heavy atom. The highest BCUT2D eigenvalue weighted by Crippen LogP contribution is 3.02. The van der Waals surface area contributed by atoms with E-state index in [4.69, 9.17) is 0 Å². The van der Waals surface area contributed by atoms with Gasteiger partial charge in [0, 0.05) is 58.0 Å². The highest BCUT2D eigenvalue weighted by Gasteiger charge is 2.66. The second kappa shape index (κ2) is 10.6. The number of halogens is 11. The summed E-state index contributed by atoms with van der Waals surface area (Å²) in [7, 11) is -19.2. The number of benzene rings is 2. The molecule has 38 heavy (non-hydrogen) atoms. The summed E-state index contributed by atoms with van der Waals surface area (Å²) < 4.78 is 134. The second-order valence-corrected chi connectivity index (χ2v) is 12.9. The highest BCUT2D eigenvalue weighted by atomic mass is 32.5. The molecule has 0 aromatic heterocycles. The molecule has 3 N–H and O–H groups in total. The van der Waals surface area contributed by atoms with Crippen LogP contribution in [-0.4, -0.2) is 52.4 Å². The van der Waals surface area contributed by atoms with Gasteiger partial charge in [0.05, 0.1) is 0 Å². The zero-order valence-electron chi connectivity index (χ0n) is 19.2. The first-order valence-electron chi connectivity index (χ1n) is 10.8. The maximum Gasteiger partial charge on any atom is 0.310 e. The summed E-state index contributed by atoms with van der Waals surface area (Å²) in [4.78, 5) is -2.07. The van der Waals surface area contributed by atoms with Crippen LogP contribution in [0.25, 0.3) is 0 Å². The fraction of sp³-hybridized carbons (Fsp3) is 0.429. The second-order valence-electron chi connectivity index (χ2n) is 8.12. The molecule has 0 atom stereocenters.